The van der Waals surface area contributed by atoms with E-state index in [1.807, 2.05) is 0 Å². The lowest BCUT2D eigenvalue weighted by Crippen LogP contribution is -2.36. The standard InChI is InChI=1S/C13H26N2O2S2Si/c1-12(2,3)20(7,8)15-19(6,17)10-9-14-11(18-10)13(4,5)16/h9,16H,1-8H3. The summed E-state index contributed by atoms with van der Waals surface area (Å²) in [6.07, 6.45) is 3.27. The zero-order valence-corrected chi connectivity index (χ0v) is 16.3. The van der Waals surface area contributed by atoms with E-state index in [0.29, 0.717) is 9.22 Å². The quantitative estimate of drug-likeness (QED) is 0.854. The summed E-state index contributed by atoms with van der Waals surface area (Å²) in [5.74, 6) is 0. The second-order valence-electron chi connectivity index (χ2n) is 7.25. The maximum absolute atomic E-state index is 12.9. The predicted molar refractivity (Wildman–Crippen MR) is 89.3 cm³/mol. The Morgan fingerprint density at radius 1 is 1.30 bits per heavy atom. The van der Waals surface area contributed by atoms with Crippen molar-refractivity contribution in [3.63, 3.8) is 0 Å². The van der Waals surface area contributed by atoms with E-state index in [1.165, 1.54) is 11.3 Å². The minimum Gasteiger partial charge on any atom is -0.383 e. The number of aliphatic hydroxyl groups is 1. The molecule has 20 heavy (non-hydrogen) atoms. The SMILES string of the molecule is CC(C)(O)c1ncc(S(C)(=O)=N[Si](C)(C)C(C)(C)C)s1. The molecule has 7 heteroatoms. The minimum absolute atomic E-state index is 0.0510. The fourth-order valence-electron chi connectivity index (χ4n) is 1.33. The second-order valence-corrected chi connectivity index (χ2v) is 15.9. The van der Waals surface area contributed by atoms with Gasteiger partial charge >= 0.3 is 0 Å². The van der Waals surface area contributed by atoms with Gasteiger partial charge in [-0.25, -0.2) is 9.19 Å². The van der Waals surface area contributed by atoms with Crippen LogP contribution in [0.1, 0.15) is 39.6 Å². The molecule has 1 heterocycles. The summed E-state index contributed by atoms with van der Waals surface area (Å²) < 4.78 is 18.3. The van der Waals surface area contributed by atoms with Crippen LogP contribution in [-0.2, 0) is 15.3 Å². The van der Waals surface area contributed by atoms with Gasteiger partial charge in [-0.2, -0.15) is 0 Å². The van der Waals surface area contributed by atoms with Crippen molar-refractivity contribution in [3.05, 3.63) is 11.2 Å². The molecule has 0 radical (unpaired) electrons. The summed E-state index contributed by atoms with van der Waals surface area (Å²) in [6.45, 7) is 14.1. The first-order valence-electron chi connectivity index (χ1n) is 6.59. The smallest absolute Gasteiger partial charge is 0.193 e. The summed E-state index contributed by atoms with van der Waals surface area (Å²) in [5.41, 5.74) is -1.00. The topological polar surface area (TPSA) is 62.6 Å². The highest BCUT2D eigenvalue weighted by molar-refractivity contribution is 7.95. The molecule has 1 aromatic heterocycles. The van der Waals surface area contributed by atoms with E-state index in [1.54, 1.807) is 26.3 Å². The van der Waals surface area contributed by atoms with Crippen LogP contribution in [-0.4, -0.2) is 28.8 Å². The molecule has 1 aromatic rings. The molecule has 0 amide bonds. The van der Waals surface area contributed by atoms with Crippen LogP contribution in [0.25, 0.3) is 0 Å². The lowest BCUT2D eigenvalue weighted by molar-refractivity contribution is 0.0783. The molecule has 0 bridgehead atoms. The Labute approximate surface area is 127 Å². The number of hydrogen-bond donors (Lipinski definition) is 1. The van der Waals surface area contributed by atoms with Crippen molar-refractivity contribution in [2.24, 2.45) is 4.03 Å². The van der Waals surface area contributed by atoms with Gasteiger partial charge in [0.25, 0.3) is 0 Å². The van der Waals surface area contributed by atoms with Crippen LogP contribution in [0.15, 0.2) is 14.4 Å². The molecule has 0 saturated heterocycles. The summed E-state index contributed by atoms with van der Waals surface area (Å²) in [4.78, 5) is 4.19. The third kappa shape index (κ3) is 3.90. The van der Waals surface area contributed by atoms with Crippen molar-refractivity contribution in [2.45, 2.75) is 62.6 Å². The van der Waals surface area contributed by atoms with Gasteiger partial charge in [0.05, 0.1) is 15.9 Å². The normalized spacial score (nSPS) is 16.9. The van der Waals surface area contributed by atoms with Crippen LogP contribution in [0.2, 0.25) is 18.1 Å². The van der Waals surface area contributed by atoms with Crippen molar-refractivity contribution < 1.29 is 9.32 Å². The second kappa shape index (κ2) is 5.19. The molecule has 0 aliphatic rings. The van der Waals surface area contributed by atoms with Crippen LogP contribution in [0.5, 0.6) is 0 Å². The molecule has 0 aliphatic heterocycles. The Hall–Kier alpha value is -0.243. The molecular formula is C13H26N2O2S2Si. The van der Waals surface area contributed by atoms with E-state index in [9.17, 15) is 9.32 Å². The minimum atomic E-state index is -2.46. The van der Waals surface area contributed by atoms with E-state index in [4.69, 9.17) is 4.03 Å². The summed E-state index contributed by atoms with van der Waals surface area (Å²) in [7, 11) is -4.45. The van der Waals surface area contributed by atoms with Crippen LogP contribution in [0, 0.1) is 0 Å². The van der Waals surface area contributed by atoms with Gasteiger partial charge in [0.15, 0.2) is 8.24 Å². The lowest BCUT2D eigenvalue weighted by Gasteiger charge is -2.32. The highest BCUT2D eigenvalue weighted by Crippen LogP contribution is 2.38. The first kappa shape index (κ1) is 17.8. The molecule has 1 N–H and O–H groups in total. The number of thiazole rings is 1. The largest absolute Gasteiger partial charge is 0.383 e. The molecule has 1 atom stereocenters. The van der Waals surface area contributed by atoms with Crippen LogP contribution >= 0.6 is 11.3 Å². The fourth-order valence-corrected chi connectivity index (χ4v) is 8.36. The first-order chi connectivity index (χ1) is 8.67. The van der Waals surface area contributed by atoms with Gasteiger partial charge in [-0.3, -0.25) is 4.03 Å². The summed E-state index contributed by atoms with van der Waals surface area (Å²) in [5, 5.41) is 10.6. The van der Waals surface area contributed by atoms with Crippen LogP contribution in [0.3, 0.4) is 0 Å². The van der Waals surface area contributed by atoms with Gasteiger partial charge in [0, 0.05) is 6.26 Å². The molecule has 0 aromatic carbocycles. The maximum Gasteiger partial charge on any atom is 0.193 e. The van der Waals surface area contributed by atoms with Gasteiger partial charge < -0.3 is 5.11 Å². The average Bonchev–Trinajstić information content (AvgIpc) is 2.61. The molecule has 1 rings (SSSR count). The van der Waals surface area contributed by atoms with E-state index in [2.05, 4.69) is 38.8 Å². The molecule has 116 valence electrons. The number of nitrogens with zero attached hydrogens (tertiary/aromatic N) is 2. The third-order valence-electron chi connectivity index (χ3n) is 3.62. The maximum atomic E-state index is 12.9. The fraction of sp³-hybridized carbons (Fsp3) is 0.769. The number of hydrogen-bond acceptors (Lipinski definition) is 5. The van der Waals surface area contributed by atoms with Gasteiger partial charge in [-0.05, 0) is 32.0 Å². The third-order valence-corrected chi connectivity index (χ3v) is 13.6. The van der Waals surface area contributed by atoms with Crippen molar-refractivity contribution in [1.29, 1.82) is 0 Å². The monoisotopic (exact) mass is 334 g/mol. The van der Waals surface area contributed by atoms with E-state index < -0.39 is 23.6 Å². The lowest BCUT2D eigenvalue weighted by atomic mass is 10.2. The Balaban J connectivity index is 3.31. The van der Waals surface area contributed by atoms with Crippen molar-refractivity contribution in [1.82, 2.24) is 4.98 Å². The predicted octanol–water partition coefficient (Wildman–Crippen LogP) is 3.83. The number of rotatable bonds is 3. The van der Waals surface area contributed by atoms with Crippen molar-refractivity contribution in [3.8, 4) is 0 Å². The van der Waals surface area contributed by atoms with Crippen molar-refractivity contribution in [2.75, 3.05) is 6.26 Å². The zero-order valence-electron chi connectivity index (χ0n) is 13.6. The highest BCUT2D eigenvalue weighted by Gasteiger charge is 2.37. The van der Waals surface area contributed by atoms with Gasteiger partial charge in [-0.1, -0.05) is 20.8 Å². The molecule has 0 fully saturated rings. The van der Waals surface area contributed by atoms with E-state index in [0.717, 1.165) is 0 Å². The van der Waals surface area contributed by atoms with Gasteiger partial charge in [0.1, 0.15) is 14.8 Å². The van der Waals surface area contributed by atoms with E-state index >= 15 is 0 Å². The Morgan fingerprint density at radius 2 is 1.80 bits per heavy atom. The van der Waals surface area contributed by atoms with E-state index in [-0.39, 0.29) is 5.04 Å². The Morgan fingerprint density at radius 3 is 2.15 bits per heavy atom. The molecular weight excluding hydrogens is 308 g/mol. The average molecular weight is 335 g/mol. The Bertz CT molecular complexity index is 601. The first-order valence-corrected chi connectivity index (χ1v) is 12.3. The number of aromatic nitrogens is 1. The molecule has 0 spiro atoms. The Kier molecular flexibility index (Phi) is 4.62. The van der Waals surface area contributed by atoms with Crippen LogP contribution in [0.4, 0.5) is 0 Å². The van der Waals surface area contributed by atoms with Gasteiger partial charge in [-0.15, -0.1) is 11.3 Å². The van der Waals surface area contributed by atoms with Crippen LogP contribution < -0.4 is 0 Å². The molecule has 4 nitrogen and oxygen atoms in total. The summed E-state index contributed by atoms with van der Waals surface area (Å²) in [6, 6.07) is 0. The summed E-state index contributed by atoms with van der Waals surface area (Å²) >= 11 is 1.29. The molecule has 0 aliphatic carbocycles. The van der Waals surface area contributed by atoms with Crippen molar-refractivity contribution >= 4 is 29.3 Å². The molecule has 1 unspecified atom stereocenters. The molecule has 0 saturated carbocycles. The highest BCUT2D eigenvalue weighted by atomic mass is 32.2. The zero-order chi connectivity index (χ0) is 16.0. The van der Waals surface area contributed by atoms with Gasteiger partial charge in [0.2, 0.25) is 0 Å².